The van der Waals surface area contributed by atoms with Gasteiger partial charge in [0.05, 0.1) is 32.6 Å². The van der Waals surface area contributed by atoms with Gasteiger partial charge in [0.15, 0.2) is 5.11 Å². The number of thiocarbonyl (C=S) groups is 1. The van der Waals surface area contributed by atoms with Crippen LogP contribution in [-0.4, -0.2) is 32.4 Å². The van der Waals surface area contributed by atoms with Crippen molar-refractivity contribution < 1.29 is 19.0 Å². The smallest absolute Gasteiger partial charge is 0.339 e. The number of ether oxygens (including phenoxy) is 3. The fourth-order valence-electron chi connectivity index (χ4n) is 2.04. The predicted octanol–water partition coefficient (Wildman–Crippen LogP) is 3.30. The van der Waals surface area contributed by atoms with Gasteiger partial charge in [-0.05, 0) is 24.4 Å². The minimum atomic E-state index is -0.441. The van der Waals surface area contributed by atoms with Crippen LogP contribution >= 0.6 is 12.2 Å². The molecule has 0 saturated carbocycles. The number of benzene rings is 2. The van der Waals surface area contributed by atoms with Crippen LogP contribution in [0.25, 0.3) is 0 Å². The number of nitrogens with one attached hydrogen (secondary N) is 2. The highest BCUT2D eigenvalue weighted by Gasteiger charge is 2.12. The zero-order valence-corrected chi connectivity index (χ0v) is 14.4. The zero-order valence-electron chi connectivity index (χ0n) is 13.6. The number of hydrogen-bond donors (Lipinski definition) is 2. The van der Waals surface area contributed by atoms with Crippen LogP contribution in [0.2, 0.25) is 0 Å². The molecular formula is C17H18N2O4S. The van der Waals surface area contributed by atoms with E-state index in [1.165, 1.54) is 7.11 Å². The average Bonchev–Trinajstić information content (AvgIpc) is 2.60. The Labute approximate surface area is 145 Å². The van der Waals surface area contributed by atoms with Gasteiger partial charge < -0.3 is 24.8 Å². The normalized spacial score (nSPS) is 9.79. The van der Waals surface area contributed by atoms with E-state index in [1.807, 2.05) is 0 Å². The highest BCUT2D eigenvalue weighted by atomic mass is 32.1. The maximum atomic E-state index is 11.8. The first-order chi connectivity index (χ1) is 11.6. The van der Waals surface area contributed by atoms with Crippen LogP contribution in [0.5, 0.6) is 11.5 Å². The summed E-state index contributed by atoms with van der Waals surface area (Å²) in [5, 5.41) is 6.34. The van der Waals surface area contributed by atoms with Crippen LogP contribution in [0.15, 0.2) is 42.5 Å². The van der Waals surface area contributed by atoms with Crippen LogP contribution in [0.4, 0.5) is 11.4 Å². The molecule has 2 rings (SSSR count). The number of para-hydroxylation sites is 1. The van der Waals surface area contributed by atoms with Crippen LogP contribution in [0, 0.1) is 0 Å². The Morgan fingerprint density at radius 2 is 1.58 bits per heavy atom. The number of hydrogen-bond acceptors (Lipinski definition) is 5. The molecule has 0 heterocycles. The lowest BCUT2D eigenvalue weighted by atomic mass is 10.2. The van der Waals surface area contributed by atoms with Gasteiger partial charge in [0.2, 0.25) is 0 Å². The molecule has 24 heavy (non-hydrogen) atoms. The molecule has 0 aliphatic carbocycles. The lowest BCUT2D eigenvalue weighted by molar-refractivity contribution is 0.0602. The first-order valence-electron chi connectivity index (χ1n) is 7.05. The molecule has 0 unspecified atom stereocenters. The van der Waals surface area contributed by atoms with E-state index in [0.29, 0.717) is 33.5 Å². The van der Waals surface area contributed by atoms with Crippen molar-refractivity contribution in [2.75, 3.05) is 32.0 Å². The summed E-state index contributed by atoms with van der Waals surface area (Å²) in [6, 6.07) is 12.3. The van der Waals surface area contributed by atoms with E-state index in [-0.39, 0.29) is 0 Å². The molecule has 0 fully saturated rings. The molecule has 0 bridgehead atoms. The number of methoxy groups -OCH3 is 3. The number of rotatable bonds is 5. The maximum absolute atomic E-state index is 11.8. The fraction of sp³-hybridized carbons (Fsp3) is 0.176. The van der Waals surface area contributed by atoms with Gasteiger partial charge in [-0.1, -0.05) is 12.1 Å². The van der Waals surface area contributed by atoms with Crippen molar-refractivity contribution in [3.8, 4) is 11.5 Å². The summed E-state index contributed by atoms with van der Waals surface area (Å²) in [6.07, 6.45) is 0. The quantitative estimate of drug-likeness (QED) is 0.636. The van der Waals surface area contributed by atoms with Crippen molar-refractivity contribution in [2.24, 2.45) is 0 Å². The van der Waals surface area contributed by atoms with Crippen LogP contribution in [0.3, 0.4) is 0 Å². The van der Waals surface area contributed by atoms with Crippen molar-refractivity contribution in [3.63, 3.8) is 0 Å². The van der Waals surface area contributed by atoms with E-state index in [0.717, 1.165) is 0 Å². The topological polar surface area (TPSA) is 68.8 Å². The Bertz CT molecular complexity index is 727. The molecule has 2 N–H and O–H groups in total. The van der Waals surface area contributed by atoms with Crippen LogP contribution < -0.4 is 20.1 Å². The molecule has 0 radical (unpaired) electrons. The molecule has 0 aliphatic rings. The molecule has 6 nitrogen and oxygen atoms in total. The second kappa shape index (κ2) is 8.16. The summed E-state index contributed by atoms with van der Waals surface area (Å²) in [5.41, 5.74) is 1.64. The average molecular weight is 346 g/mol. The van der Waals surface area contributed by atoms with Gasteiger partial charge in [-0.15, -0.1) is 0 Å². The summed E-state index contributed by atoms with van der Waals surface area (Å²) in [6.45, 7) is 0. The molecule has 0 aromatic heterocycles. The SMILES string of the molecule is COC(=O)c1ccccc1NC(=S)Nc1cc(OC)cc(OC)c1. The van der Waals surface area contributed by atoms with Crippen molar-refractivity contribution >= 4 is 34.7 Å². The second-order valence-electron chi connectivity index (χ2n) is 4.72. The van der Waals surface area contributed by atoms with Gasteiger partial charge in [0, 0.05) is 23.9 Å². The van der Waals surface area contributed by atoms with E-state index in [4.69, 9.17) is 26.4 Å². The number of carbonyl (C=O) groups excluding carboxylic acids is 1. The molecule has 2 aromatic rings. The predicted molar refractivity (Wildman–Crippen MR) is 97.2 cm³/mol. The number of esters is 1. The van der Waals surface area contributed by atoms with Gasteiger partial charge in [0.25, 0.3) is 0 Å². The number of carbonyl (C=O) groups is 1. The van der Waals surface area contributed by atoms with Crippen molar-refractivity contribution in [2.45, 2.75) is 0 Å². The third-order valence-electron chi connectivity index (χ3n) is 3.19. The molecule has 2 aromatic carbocycles. The van der Waals surface area contributed by atoms with Crippen molar-refractivity contribution in [3.05, 3.63) is 48.0 Å². The highest BCUT2D eigenvalue weighted by molar-refractivity contribution is 7.80. The largest absolute Gasteiger partial charge is 0.497 e. The molecule has 0 amide bonds. The van der Waals surface area contributed by atoms with Crippen LogP contribution in [0.1, 0.15) is 10.4 Å². The molecule has 126 valence electrons. The fourth-order valence-corrected chi connectivity index (χ4v) is 2.27. The van der Waals surface area contributed by atoms with Gasteiger partial charge >= 0.3 is 5.97 Å². The summed E-state index contributed by atoms with van der Waals surface area (Å²) < 4.78 is 15.2. The van der Waals surface area contributed by atoms with E-state index in [2.05, 4.69) is 10.6 Å². The lowest BCUT2D eigenvalue weighted by Crippen LogP contribution is -2.21. The van der Waals surface area contributed by atoms with E-state index in [9.17, 15) is 4.79 Å². The molecule has 7 heteroatoms. The summed E-state index contributed by atoms with van der Waals surface area (Å²) in [7, 11) is 4.47. The molecular weight excluding hydrogens is 328 g/mol. The Balaban J connectivity index is 2.16. The lowest BCUT2D eigenvalue weighted by Gasteiger charge is -2.14. The first-order valence-corrected chi connectivity index (χ1v) is 7.46. The second-order valence-corrected chi connectivity index (χ2v) is 5.13. The monoisotopic (exact) mass is 346 g/mol. The van der Waals surface area contributed by atoms with Crippen molar-refractivity contribution in [1.29, 1.82) is 0 Å². The Morgan fingerprint density at radius 3 is 2.17 bits per heavy atom. The van der Waals surface area contributed by atoms with Gasteiger partial charge in [-0.2, -0.15) is 0 Å². The summed E-state index contributed by atoms with van der Waals surface area (Å²) >= 11 is 5.30. The number of anilines is 2. The van der Waals surface area contributed by atoms with E-state index >= 15 is 0 Å². The Hall–Kier alpha value is -2.80. The van der Waals surface area contributed by atoms with E-state index < -0.39 is 5.97 Å². The first kappa shape index (κ1) is 17.6. The molecule has 0 aliphatic heterocycles. The highest BCUT2D eigenvalue weighted by Crippen LogP contribution is 2.26. The van der Waals surface area contributed by atoms with Gasteiger partial charge in [-0.3, -0.25) is 0 Å². The van der Waals surface area contributed by atoms with Crippen LogP contribution in [-0.2, 0) is 4.74 Å². The summed E-state index contributed by atoms with van der Waals surface area (Å²) in [5.74, 6) is 0.827. The van der Waals surface area contributed by atoms with Gasteiger partial charge in [0.1, 0.15) is 11.5 Å². The Morgan fingerprint density at radius 1 is 0.958 bits per heavy atom. The minimum absolute atomic E-state index is 0.321. The minimum Gasteiger partial charge on any atom is -0.497 e. The third kappa shape index (κ3) is 4.36. The standard InChI is InChI=1S/C17H18N2O4S/c1-21-12-8-11(9-13(10-12)22-2)18-17(24)19-15-7-5-4-6-14(15)16(20)23-3/h4-10H,1-3H3,(H2,18,19,24). The van der Waals surface area contributed by atoms with Gasteiger partial charge in [-0.25, -0.2) is 4.79 Å². The van der Waals surface area contributed by atoms with Crippen molar-refractivity contribution in [1.82, 2.24) is 0 Å². The summed E-state index contributed by atoms with van der Waals surface area (Å²) in [4.78, 5) is 11.8. The maximum Gasteiger partial charge on any atom is 0.339 e. The Kier molecular flexibility index (Phi) is 5.97. The molecule has 0 atom stereocenters. The third-order valence-corrected chi connectivity index (χ3v) is 3.39. The zero-order chi connectivity index (χ0) is 17.5. The van der Waals surface area contributed by atoms with E-state index in [1.54, 1.807) is 56.7 Å². The molecule has 0 saturated heterocycles. The molecule has 0 spiro atoms.